The summed E-state index contributed by atoms with van der Waals surface area (Å²) in [5, 5.41) is 1.20. The molecule has 0 aliphatic carbocycles. The minimum atomic E-state index is 0. The molecule has 0 unspecified atom stereocenters. The maximum absolute atomic E-state index is 6.10. The second-order valence-corrected chi connectivity index (χ2v) is 3.75. The van der Waals surface area contributed by atoms with Crippen LogP contribution in [0, 0.1) is 0 Å². The SMILES string of the molecule is Clc1cccc(-c2ccccc2)c1Cl.[Na]. The van der Waals surface area contributed by atoms with Crippen LogP contribution in [0.3, 0.4) is 0 Å². The van der Waals surface area contributed by atoms with Crippen LogP contribution in [-0.4, -0.2) is 29.6 Å². The van der Waals surface area contributed by atoms with Gasteiger partial charge in [0, 0.05) is 35.1 Å². The molecule has 0 fully saturated rings. The van der Waals surface area contributed by atoms with Gasteiger partial charge in [-0.25, -0.2) is 0 Å². The molecule has 0 bridgehead atoms. The number of hydrogen-bond donors (Lipinski definition) is 0. The van der Waals surface area contributed by atoms with Crippen molar-refractivity contribution in [2.75, 3.05) is 0 Å². The van der Waals surface area contributed by atoms with Crippen molar-refractivity contribution in [2.45, 2.75) is 0 Å². The molecule has 15 heavy (non-hydrogen) atoms. The second kappa shape index (κ2) is 5.93. The largest absolute Gasteiger partial charge is 0.0827 e. The van der Waals surface area contributed by atoms with E-state index in [-0.39, 0.29) is 29.6 Å². The Labute approximate surface area is 122 Å². The summed E-state index contributed by atoms with van der Waals surface area (Å²) < 4.78 is 0. The van der Waals surface area contributed by atoms with Crippen LogP contribution in [0.4, 0.5) is 0 Å². The van der Waals surface area contributed by atoms with Crippen molar-refractivity contribution in [3.05, 3.63) is 58.6 Å². The van der Waals surface area contributed by atoms with E-state index >= 15 is 0 Å². The van der Waals surface area contributed by atoms with Crippen molar-refractivity contribution < 1.29 is 0 Å². The Hall–Kier alpha value is 0.0200. The Morgan fingerprint density at radius 3 is 2.07 bits per heavy atom. The fourth-order valence-corrected chi connectivity index (χ4v) is 1.75. The van der Waals surface area contributed by atoms with Gasteiger partial charge in [-0.15, -0.1) is 0 Å². The molecule has 0 atom stereocenters. The van der Waals surface area contributed by atoms with E-state index in [0.717, 1.165) is 11.1 Å². The molecule has 0 aliphatic heterocycles. The molecular formula is C12H8Cl2Na. The first kappa shape index (κ1) is 13.1. The molecule has 0 amide bonds. The number of benzene rings is 2. The van der Waals surface area contributed by atoms with Gasteiger partial charge in [-0.2, -0.15) is 0 Å². The Morgan fingerprint density at radius 1 is 0.733 bits per heavy atom. The molecule has 0 nitrogen and oxygen atoms in total. The van der Waals surface area contributed by atoms with Crippen molar-refractivity contribution >= 4 is 52.8 Å². The molecular weight excluding hydrogens is 238 g/mol. The Kier molecular flexibility index (Phi) is 5.17. The number of halogens is 2. The van der Waals surface area contributed by atoms with E-state index in [1.165, 1.54) is 0 Å². The van der Waals surface area contributed by atoms with Crippen LogP contribution in [0.5, 0.6) is 0 Å². The van der Waals surface area contributed by atoms with Crippen LogP contribution in [0.15, 0.2) is 48.5 Å². The van der Waals surface area contributed by atoms with E-state index in [0.29, 0.717) is 10.0 Å². The van der Waals surface area contributed by atoms with E-state index in [2.05, 4.69) is 0 Å². The van der Waals surface area contributed by atoms with Crippen LogP contribution in [0.1, 0.15) is 0 Å². The minimum Gasteiger partial charge on any atom is -0.0827 e. The first-order chi connectivity index (χ1) is 6.79. The van der Waals surface area contributed by atoms with Crippen LogP contribution in [0.2, 0.25) is 10.0 Å². The van der Waals surface area contributed by atoms with Crippen molar-refractivity contribution in [3.63, 3.8) is 0 Å². The van der Waals surface area contributed by atoms with Gasteiger partial charge in [-0.3, -0.25) is 0 Å². The van der Waals surface area contributed by atoms with Crippen LogP contribution >= 0.6 is 23.2 Å². The summed E-state index contributed by atoms with van der Waals surface area (Å²) in [4.78, 5) is 0. The van der Waals surface area contributed by atoms with E-state index in [9.17, 15) is 0 Å². The van der Waals surface area contributed by atoms with Gasteiger partial charge in [0.1, 0.15) is 0 Å². The summed E-state index contributed by atoms with van der Waals surface area (Å²) in [5.74, 6) is 0. The molecule has 2 rings (SSSR count). The maximum atomic E-state index is 6.10. The summed E-state index contributed by atoms with van der Waals surface area (Å²) in [6.45, 7) is 0. The van der Waals surface area contributed by atoms with Gasteiger partial charge in [0.2, 0.25) is 0 Å². The topological polar surface area (TPSA) is 0 Å². The molecule has 0 spiro atoms. The first-order valence-corrected chi connectivity index (χ1v) is 5.04. The zero-order valence-corrected chi connectivity index (χ0v) is 11.9. The smallest absolute Gasteiger partial charge is 0.0670 e. The zero-order valence-electron chi connectivity index (χ0n) is 8.37. The first-order valence-electron chi connectivity index (χ1n) is 4.28. The summed E-state index contributed by atoms with van der Waals surface area (Å²) in [6, 6.07) is 15.6. The molecule has 0 aliphatic rings. The fraction of sp³-hybridized carbons (Fsp3) is 0. The molecule has 0 heterocycles. The van der Waals surface area contributed by atoms with Gasteiger partial charge in [0.25, 0.3) is 0 Å². The monoisotopic (exact) mass is 245 g/mol. The third kappa shape index (κ3) is 2.99. The van der Waals surface area contributed by atoms with Crippen LogP contribution in [-0.2, 0) is 0 Å². The van der Waals surface area contributed by atoms with Gasteiger partial charge in [-0.05, 0) is 11.6 Å². The molecule has 71 valence electrons. The maximum Gasteiger partial charge on any atom is 0.0670 e. The molecule has 0 saturated heterocycles. The van der Waals surface area contributed by atoms with Crippen molar-refractivity contribution in [1.29, 1.82) is 0 Å². The molecule has 0 N–H and O–H groups in total. The molecule has 0 aromatic heterocycles. The average Bonchev–Trinajstić information content (AvgIpc) is 2.23. The predicted molar refractivity (Wildman–Crippen MR) is 67.7 cm³/mol. The van der Waals surface area contributed by atoms with E-state index in [4.69, 9.17) is 23.2 Å². The normalized spacial score (nSPS) is 9.47. The van der Waals surface area contributed by atoms with Crippen molar-refractivity contribution in [1.82, 2.24) is 0 Å². The number of rotatable bonds is 1. The summed E-state index contributed by atoms with van der Waals surface area (Å²) in [5.41, 5.74) is 2.06. The van der Waals surface area contributed by atoms with E-state index < -0.39 is 0 Å². The van der Waals surface area contributed by atoms with E-state index in [1.807, 2.05) is 42.5 Å². The van der Waals surface area contributed by atoms with Gasteiger partial charge in [0.05, 0.1) is 10.0 Å². The molecule has 2 aromatic carbocycles. The quantitative estimate of drug-likeness (QED) is 0.659. The number of hydrogen-bond acceptors (Lipinski definition) is 0. The molecule has 2 aromatic rings. The summed E-state index contributed by atoms with van der Waals surface area (Å²) >= 11 is 12.0. The Balaban J connectivity index is 0.00000112. The predicted octanol–water partition coefficient (Wildman–Crippen LogP) is 4.28. The van der Waals surface area contributed by atoms with E-state index in [1.54, 1.807) is 6.07 Å². The minimum absolute atomic E-state index is 0. The molecule has 3 heteroatoms. The average molecular weight is 246 g/mol. The zero-order chi connectivity index (χ0) is 9.97. The summed E-state index contributed by atoms with van der Waals surface area (Å²) in [7, 11) is 0. The van der Waals surface area contributed by atoms with Gasteiger partial charge >= 0.3 is 0 Å². The Bertz CT molecular complexity index is 441. The van der Waals surface area contributed by atoms with Gasteiger partial charge in [-0.1, -0.05) is 65.7 Å². The second-order valence-electron chi connectivity index (χ2n) is 2.97. The van der Waals surface area contributed by atoms with Gasteiger partial charge < -0.3 is 0 Å². The Morgan fingerprint density at radius 2 is 1.40 bits per heavy atom. The summed E-state index contributed by atoms with van der Waals surface area (Å²) in [6.07, 6.45) is 0. The third-order valence-electron chi connectivity index (χ3n) is 2.04. The van der Waals surface area contributed by atoms with Crippen molar-refractivity contribution in [3.8, 4) is 11.1 Å². The molecule has 0 saturated carbocycles. The third-order valence-corrected chi connectivity index (χ3v) is 2.86. The van der Waals surface area contributed by atoms with Crippen LogP contribution in [0.25, 0.3) is 11.1 Å². The van der Waals surface area contributed by atoms with Gasteiger partial charge in [0.15, 0.2) is 0 Å². The molecule has 1 radical (unpaired) electrons. The van der Waals surface area contributed by atoms with Crippen LogP contribution < -0.4 is 0 Å². The van der Waals surface area contributed by atoms with Crippen molar-refractivity contribution in [2.24, 2.45) is 0 Å². The standard InChI is InChI=1S/C12H8Cl2.Na/c13-11-8-4-7-10(12(11)14)9-5-2-1-3-6-9;/h1-8H;. The fourth-order valence-electron chi connectivity index (χ4n) is 1.34.